The third kappa shape index (κ3) is 82.7. The SMILES string of the molecule is O=C(O)CCOCCOCCOCCNC(=O)CCCCCCCNC(=O)CCOCC(COCCC(=O)NCCCCCCCC(=O)NCCOCCOCCOCCC(=O)O)(COCCC(=O)NCCCCCCCC(=O)NCCOCCOCCOCCC(=O)O)NC(=O)CCCCCCCNC(=O)OCC(Cl)(Cl)Cl. The molecule has 0 heterocycles. The fourth-order valence-corrected chi connectivity index (χ4v) is 10.3. The van der Waals surface area contributed by atoms with E-state index in [0.29, 0.717) is 203 Å². The van der Waals surface area contributed by atoms with Gasteiger partial charge in [-0.3, -0.25) is 47.9 Å². The zero-order chi connectivity index (χ0) is 83.0. The Bertz CT molecular complexity index is 2240. The highest BCUT2D eigenvalue weighted by molar-refractivity contribution is 6.67. The van der Waals surface area contributed by atoms with Gasteiger partial charge in [0.2, 0.25) is 45.1 Å². The summed E-state index contributed by atoms with van der Waals surface area (Å²) < 4.78 is 69.6. The van der Waals surface area contributed by atoms with E-state index in [1.54, 1.807) is 0 Å². The maximum absolute atomic E-state index is 13.9. The second-order valence-corrected chi connectivity index (χ2v) is 29.0. The zero-order valence-electron chi connectivity index (χ0n) is 66.6. The standard InChI is InChI=1S/C75H135Cl3N8O27/c76-75(77,78)62-113-73(100)85-34-20-12-4-8-16-24-69(93)86-74(59-110-38-25-66(90)79-31-17-9-1-5-13-21-63(87)82-35-44-104-50-56-107-53-47-101-41-28-70(94)95,60-111-39-26-67(91)80-32-18-10-2-6-14-22-64(88)83-36-45-105-51-57-108-54-48-102-42-29-71(96)97)61-112-40-27-68(92)81-33-19-11-3-7-15-23-65(89)84-37-46-106-52-58-109-55-49-103-43-30-72(98)99/h1-62H2,(H,79,90)(H,80,91)(H,81,92)(H,82,87)(H,83,88)(H,84,89)(H,85,100)(H,86,93)(H,94,95)(H,96,97)(H,98,99). The van der Waals surface area contributed by atoms with Gasteiger partial charge < -0.3 is 119 Å². The van der Waals surface area contributed by atoms with Gasteiger partial charge in [0.15, 0.2) is 0 Å². The molecule has 0 fully saturated rings. The Balaban J connectivity index is 5.42. The lowest BCUT2D eigenvalue weighted by Gasteiger charge is -2.34. The zero-order valence-corrected chi connectivity index (χ0v) is 68.9. The number of aliphatic carboxylic acids is 3. The second kappa shape index (κ2) is 78.9. The molecule has 113 heavy (non-hydrogen) atoms. The van der Waals surface area contributed by atoms with Gasteiger partial charge in [-0.2, -0.15) is 0 Å². The molecule has 35 nitrogen and oxygen atoms in total. The number of carboxylic acid groups (broad SMARTS) is 3. The molecular weight excluding hydrogens is 1550 g/mol. The number of halogens is 3. The molecule has 0 aromatic rings. The maximum Gasteiger partial charge on any atom is 0.407 e. The van der Waals surface area contributed by atoms with E-state index in [9.17, 15) is 52.7 Å². The summed E-state index contributed by atoms with van der Waals surface area (Å²) in [4.78, 5) is 133. The lowest BCUT2D eigenvalue weighted by atomic mass is 10.0. The van der Waals surface area contributed by atoms with Crippen LogP contribution in [0.1, 0.15) is 193 Å². The molecule has 11 N–H and O–H groups in total. The molecule has 8 amide bonds. The van der Waals surface area contributed by atoms with Crippen LogP contribution in [0.3, 0.4) is 0 Å². The van der Waals surface area contributed by atoms with Gasteiger partial charge in [-0.1, -0.05) is 112 Å². The van der Waals surface area contributed by atoms with Crippen LogP contribution in [-0.2, 0) is 110 Å². The van der Waals surface area contributed by atoms with Crippen molar-refractivity contribution in [3.63, 3.8) is 0 Å². The quantitative estimate of drug-likeness (QED) is 0.0253. The molecule has 0 unspecified atom stereocenters. The van der Waals surface area contributed by atoms with Crippen LogP contribution < -0.4 is 42.5 Å². The highest BCUT2D eigenvalue weighted by Gasteiger charge is 2.34. The second-order valence-electron chi connectivity index (χ2n) is 26.5. The van der Waals surface area contributed by atoms with Crippen LogP contribution >= 0.6 is 34.8 Å². The van der Waals surface area contributed by atoms with E-state index in [1.165, 1.54) is 0 Å². The first kappa shape index (κ1) is 107. The molecule has 0 aliphatic heterocycles. The van der Waals surface area contributed by atoms with Crippen LogP contribution in [0.25, 0.3) is 0 Å². The largest absolute Gasteiger partial charge is 0.481 e. The highest BCUT2D eigenvalue weighted by Crippen LogP contribution is 2.26. The molecule has 658 valence electrons. The molecule has 0 aromatic heterocycles. The number of nitrogens with one attached hydrogen (secondary N) is 8. The summed E-state index contributed by atoms with van der Waals surface area (Å²) in [5, 5.41) is 48.9. The summed E-state index contributed by atoms with van der Waals surface area (Å²) in [7, 11) is 0. The molecule has 0 saturated carbocycles. The van der Waals surface area contributed by atoms with E-state index in [2.05, 4.69) is 42.5 Å². The number of carbonyl (C=O) groups is 11. The number of hydrogen-bond acceptors (Lipinski definition) is 24. The van der Waals surface area contributed by atoms with Crippen LogP contribution in [-0.4, -0.2) is 301 Å². The predicted octanol–water partition coefficient (Wildman–Crippen LogP) is 5.79. The van der Waals surface area contributed by atoms with Crippen LogP contribution in [0.15, 0.2) is 0 Å². The van der Waals surface area contributed by atoms with Gasteiger partial charge in [0.1, 0.15) is 12.1 Å². The first-order valence-corrected chi connectivity index (χ1v) is 41.2. The molecule has 0 saturated heterocycles. The number of alkyl halides is 3. The molecular formula is C75H135Cl3N8O27. The molecule has 0 aromatic carbocycles. The number of rotatable bonds is 85. The highest BCUT2D eigenvalue weighted by atomic mass is 35.6. The lowest BCUT2D eigenvalue weighted by Crippen LogP contribution is -2.58. The van der Waals surface area contributed by atoms with Gasteiger partial charge in [-0.25, -0.2) is 4.79 Å². The summed E-state index contributed by atoms with van der Waals surface area (Å²) in [5.41, 5.74) is -1.32. The van der Waals surface area contributed by atoms with Crippen LogP contribution in [0, 0.1) is 0 Å². The van der Waals surface area contributed by atoms with Crippen molar-refractivity contribution < 1.29 is 130 Å². The maximum atomic E-state index is 13.9. The van der Waals surface area contributed by atoms with Gasteiger partial charge in [-0.15, -0.1) is 0 Å². The van der Waals surface area contributed by atoms with Crippen LogP contribution in [0.2, 0.25) is 0 Å². The van der Waals surface area contributed by atoms with E-state index in [-0.39, 0.29) is 146 Å². The van der Waals surface area contributed by atoms with E-state index < -0.39 is 39.9 Å². The monoisotopic (exact) mass is 1680 g/mol. The molecule has 0 atom stereocenters. The van der Waals surface area contributed by atoms with Crippen molar-refractivity contribution in [2.45, 2.75) is 202 Å². The molecule has 0 bridgehead atoms. The number of hydrogen-bond donors (Lipinski definition) is 11. The van der Waals surface area contributed by atoms with Crippen LogP contribution in [0.5, 0.6) is 0 Å². The Morgan fingerprint density at radius 1 is 0.221 bits per heavy atom. The van der Waals surface area contributed by atoms with Gasteiger partial charge in [0.05, 0.1) is 178 Å². The number of ether oxygens (including phenoxy) is 13. The van der Waals surface area contributed by atoms with Gasteiger partial charge in [-0.05, 0) is 51.4 Å². The van der Waals surface area contributed by atoms with Gasteiger partial charge in [0.25, 0.3) is 0 Å². The molecule has 38 heteroatoms. The summed E-state index contributed by atoms with van der Waals surface area (Å²) in [6.45, 7) is 7.23. The van der Waals surface area contributed by atoms with E-state index >= 15 is 0 Å². The molecule has 0 aliphatic carbocycles. The van der Waals surface area contributed by atoms with E-state index in [4.69, 9.17) is 112 Å². The summed E-state index contributed by atoms with van der Waals surface area (Å²) >= 11 is 17.0. The van der Waals surface area contributed by atoms with Crippen LogP contribution in [0.4, 0.5) is 4.79 Å². The third-order valence-corrected chi connectivity index (χ3v) is 16.5. The number of alkyl carbamates (subject to hydrolysis) is 1. The first-order chi connectivity index (χ1) is 54.6. The minimum Gasteiger partial charge on any atom is -0.481 e. The minimum absolute atomic E-state index is 0.0117. The lowest BCUT2D eigenvalue weighted by molar-refractivity contribution is -0.139. The Morgan fingerprint density at radius 3 is 0.726 bits per heavy atom. The fraction of sp³-hybridized carbons (Fsp3) is 0.853. The van der Waals surface area contributed by atoms with Crippen molar-refractivity contribution in [1.82, 2.24) is 42.5 Å². The molecule has 0 aliphatic rings. The number of carbonyl (C=O) groups excluding carboxylic acids is 8. The summed E-state index contributed by atoms with van der Waals surface area (Å²) in [6.07, 6.45) is 15.9. The molecule has 0 rings (SSSR count). The molecule has 0 spiro atoms. The van der Waals surface area contributed by atoms with Crippen molar-refractivity contribution in [2.24, 2.45) is 0 Å². The molecule has 0 radical (unpaired) electrons. The predicted molar refractivity (Wildman–Crippen MR) is 420 cm³/mol. The summed E-state index contributed by atoms with van der Waals surface area (Å²) in [5.74, 6) is -3.99. The average molecular weight is 1690 g/mol. The van der Waals surface area contributed by atoms with Crippen molar-refractivity contribution in [3.05, 3.63) is 0 Å². The number of unbranched alkanes of at least 4 members (excludes halogenated alkanes) is 16. The Labute approximate surface area is 682 Å². The number of amides is 8. The minimum atomic E-state index is -1.73. The van der Waals surface area contributed by atoms with Crippen molar-refractivity contribution >= 4 is 100 Å². The van der Waals surface area contributed by atoms with Crippen molar-refractivity contribution in [2.75, 3.05) is 211 Å². The van der Waals surface area contributed by atoms with E-state index in [0.717, 1.165) is 89.9 Å². The Kier molecular flexibility index (Phi) is 74.9. The Morgan fingerprint density at radius 2 is 0.442 bits per heavy atom. The topological polar surface area (TPSA) is 465 Å². The average Bonchev–Trinajstić information content (AvgIpc) is 0.854. The first-order valence-electron chi connectivity index (χ1n) is 40.1. The fourth-order valence-electron chi connectivity index (χ4n) is 10.1. The third-order valence-electron chi connectivity index (χ3n) is 16.2. The van der Waals surface area contributed by atoms with Gasteiger partial charge in [0, 0.05) is 90.8 Å². The van der Waals surface area contributed by atoms with Gasteiger partial charge >= 0.3 is 24.0 Å². The smallest absolute Gasteiger partial charge is 0.407 e. The van der Waals surface area contributed by atoms with E-state index in [1.807, 2.05) is 0 Å². The number of carboxylic acids is 3. The Hall–Kier alpha value is -5.64. The van der Waals surface area contributed by atoms with Crippen molar-refractivity contribution in [1.29, 1.82) is 0 Å². The summed E-state index contributed by atoms with van der Waals surface area (Å²) in [6, 6.07) is 0. The van der Waals surface area contributed by atoms with Crippen molar-refractivity contribution in [3.8, 4) is 0 Å². The normalized spacial score (nSPS) is 11.4.